The van der Waals surface area contributed by atoms with Crippen LogP contribution in [0.1, 0.15) is 12.0 Å². The Morgan fingerprint density at radius 2 is 1.91 bits per heavy atom. The molecule has 0 bridgehead atoms. The molecule has 0 aliphatic carbocycles. The standard InChI is InChI=1S/C18H19N3O2/c22-17(10-13-23-14-6-2-1-3-7-14)21-16-9-5-4-8-15(16)18-19-11-12-20-18/h1-9H,10-13H2,(H,19,20)(H,21,22). The number of anilines is 1. The number of nitrogens with one attached hydrogen (secondary N) is 2. The largest absolute Gasteiger partial charge is 0.493 e. The van der Waals surface area contributed by atoms with Crippen LogP contribution in [0.4, 0.5) is 5.69 Å². The van der Waals surface area contributed by atoms with Crippen molar-refractivity contribution >= 4 is 17.4 Å². The van der Waals surface area contributed by atoms with Crippen molar-refractivity contribution in [3.8, 4) is 5.75 Å². The third-order valence-electron chi connectivity index (χ3n) is 3.47. The van der Waals surface area contributed by atoms with E-state index >= 15 is 0 Å². The second kappa shape index (κ2) is 7.45. The predicted octanol–water partition coefficient (Wildman–Crippen LogP) is 2.44. The van der Waals surface area contributed by atoms with E-state index in [9.17, 15) is 4.79 Å². The van der Waals surface area contributed by atoms with Gasteiger partial charge in [0.25, 0.3) is 0 Å². The molecule has 5 nitrogen and oxygen atoms in total. The summed E-state index contributed by atoms with van der Waals surface area (Å²) in [6.07, 6.45) is 0.295. The maximum absolute atomic E-state index is 12.1. The first-order chi connectivity index (χ1) is 11.3. The summed E-state index contributed by atoms with van der Waals surface area (Å²) in [6.45, 7) is 1.95. The van der Waals surface area contributed by atoms with Crippen LogP contribution < -0.4 is 15.4 Å². The minimum atomic E-state index is -0.0769. The predicted molar refractivity (Wildman–Crippen MR) is 91.0 cm³/mol. The van der Waals surface area contributed by atoms with Crippen LogP contribution in [0.15, 0.2) is 59.6 Å². The van der Waals surface area contributed by atoms with Crippen LogP contribution in [0.3, 0.4) is 0 Å². The number of hydrogen-bond donors (Lipinski definition) is 2. The van der Waals surface area contributed by atoms with Crippen LogP contribution in [-0.2, 0) is 4.79 Å². The second-order valence-corrected chi connectivity index (χ2v) is 5.16. The molecule has 118 valence electrons. The van der Waals surface area contributed by atoms with Crippen molar-refractivity contribution < 1.29 is 9.53 Å². The van der Waals surface area contributed by atoms with Gasteiger partial charge in [-0.3, -0.25) is 9.79 Å². The van der Waals surface area contributed by atoms with Crippen LogP contribution in [0, 0.1) is 0 Å². The average molecular weight is 309 g/mol. The van der Waals surface area contributed by atoms with Gasteiger partial charge in [-0.15, -0.1) is 0 Å². The van der Waals surface area contributed by atoms with E-state index in [-0.39, 0.29) is 5.91 Å². The molecule has 23 heavy (non-hydrogen) atoms. The van der Waals surface area contributed by atoms with Crippen molar-refractivity contribution in [2.75, 3.05) is 25.0 Å². The number of hydrogen-bond acceptors (Lipinski definition) is 4. The van der Waals surface area contributed by atoms with Crippen LogP contribution in [-0.4, -0.2) is 31.4 Å². The Labute approximate surface area is 135 Å². The topological polar surface area (TPSA) is 62.7 Å². The van der Waals surface area contributed by atoms with Crippen molar-refractivity contribution in [1.29, 1.82) is 0 Å². The molecule has 2 aromatic rings. The summed E-state index contributed by atoms with van der Waals surface area (Å²) < 4.78 is 5.55. The summed E-state index contributed by atoms with van der Waals surface area (Å²) in [5, 5.41) is 6.16. The van der Waals surface area contributed by atoms with Gasteiger partial charge in [-0.1, -0.05) is 30.3 Å². The van der Waals surface area contributed by atoms with Gasteiger partial charge in [0.05, 0.1) is 25.3 Å². The van der Waals surface area contributed by atoms with E-state index in [0.29, 0.717) is 13.0 Å². The zero-order valence-electron chi connectivity index (χ0n) is 12.8. The number of amides is 1. The Balaban J connectivity index is 1.56. The SMILES string of the molecule is O=C(CCOc1ccccc1)Nc1ccccc1C1=NCCN1. The fourth-order valence-electron chi connectivity index (χ4n) is 2.37. The van der Waals surface area contributed by atoms with Crippen molar-refractivity contribution in [3.05, 3.63) is 60.2 Å². The third kappa shape index (κ3) is 4.10. The van der Waals surface area contributed by atoms with Crippen LogP contribution >= 0.6 is 0 Å². The first-order valence-corrected chi connectivity index (χ1v) is 7.68. The van der Waals surface area contributed by atoms with Gasteiger partial charge in [0.2, 0.25) is 5.91 Å². The average Bonchev–Trinajstić information content (AvgIpc) is 3.11. The lowest BCUT2D eigenvalue weighted by Crippen LogP contribution is -2.22. The highest BCUT2D eigenvalue weighted by molar-refractivity contribution is 6.07. The maximum atomic E-state index is 12.1. The number of aliphatic imine (C=N–C) groups is 1. The molecule has 0 atom stereocenters. The molecule has 2 aromatic carbocycles. The Morgan fingerprint density at radius 3 is 2.70 bits per heavy atom. The van der Waals surface area contributed by atoms with Crippen molar-refractivity contribution in [1.82, 2.24) is 5.32 Å². The molecule has 0 spiro atoms. The highest BCUT2D eigenvalue weighted by Crippen LogP contribution is 2.17. The van der Waals surface area contributed by atoms with Crippen LogP contribution in [0.25, 0.3) is 0 Å². The normalized spacial score (nSPS) is 13.1. The zero-order valence-corrected chi connectivity index (χ0v) is 12.8. The number of ether oxygens (including phenoxy) is 1. The summed E-state index contributed by atoms with van der Waals surface area (Å²) in [5.41, 5.74) is 1.69. The summed E-state index contributed by atoms with van der Waals surface area (Å²) in [7, 11) is 0. The molecular formula is C18H19N3O2. The number of amidine groups is 1. The molecule has 3 rings (SSSR count). The summed E-state index contributed by atoms with van der Waals surface area (Å²) in [6, 6.07) is 17.1. The lowest BCUT2D eigenvalue weighted by atomic mass is 10.1. The number of nitrogens with zero attached hydrogens (tertiary/aromatic N) is 1. The smallest absolute Gasteiger partial charge is 0.227 e. The lowest BCUT2D eigenvalue weighted by Gasteiger charge is -2.11. The highest BCUT2D eigenvalue weighted by Gasteiger charge is 2.13. The molecular weight excluding hydrogens is 290 g/mol. The van der Waals surface area contributed by atoms with E-state index in [1.54, 1.807) is 0 Å². The van der Waals surface area contributed by atoms with Gasteiger partial charge in [0, 0.05) is 12.1 Å². The molecule has 0 fully saturated rings. The minimum Gasteiger partial charge on any atom is -0.493 e. The maximum Gasteiger partial charge on any atom is 0.227 e. The van der Waals surface area contributed by atoms with Gasteiger partial charge >= 0.3 is 0 Å². The fourth-order valence-corrected chi connectivity index (χ4v) is 2.37. The number of para-hydroxylation sites is 2. The molecule has 0 saturated carbocycles. The summed E-state index contributed by atoms with van der Waals surface area (Å²) in [5.74, 6) is 1.53. The number of carbonyl (C=O) groups is 1. The first-order valence-electron chi connectivity index (χ1n) is 7.68. The van der Waals surface area contributed by atoms with Gasteiger partial charge in [0.15, 0.2) is 0 Å². The molecule has 0 aromatic heterocycles. The first kappa shape index (κ1) is 15.1. The monoisotopic (exact) mass is 309 g/mol. The molecule has 1 amide bonds. The molecule has 5 heteroatoms. The second-order valence-electron chi connectivity index (χ2n) is 5.16. The van der Waals surface area contributed by atoms with E-state index in [0.717, 1.165) is 35.9 Å². The molecule has 2 N–H and O–H groups in total. The number of rotatable bonds is 6. The van der Waals surface area contributed by atoms with E-state index in [1.807, 2.05) is 54.6 Å². The Morgan fingerprint density at radius 1 is 1.13 bits per heavy atom. The van der Waals surface area contributed by atoms with E-state index in [2.05, 4.69) is 15.6 Å². The van der Waals surface area contributed by atoms with Crippen molar-refractivity contribution in [3.63, 3.8) is 0 Å². The highest BCUT2D eigenvalue weighted by atomic mass is 16.5. The Kier molecular flexibility index (Phi) is 4.88. The van der Waals surface area contributed by atoms with Crippen molar-refractivity contribution in [2.45, 2.75) is 6.42 Å². The van der Waals surface area contributed by atoms with Crippen molar-refractivity contribution in [2.24, 2.45) is 4.99 Å². The third-order valence-corrected chi connectivity index (χ3v) is 3.47. The minimum absolute atomic E-state index is 0.0769. The molecule has 0 radical (unpaired) electrons. The van der Waals surface area contributed by atoms with E-state index < -0.39 is 0 Å². The summed E-state index contributed by atoms with van der Waals surface area (Å²) in [4.78, 5) is 16.5. The van der Waals surface area contributed by atoms with Gasteiger partial charge in [0.1, 0.15) is 11.6 Å². The van der Waals surface area contributed by atoms with Gasteiger partial charge in [-0.05, 0) is 24.3 Å². The molecule has 1 heterocycles. The Hall–Kier alpha value is -2.82. The lowest BCUT2D eigenvalue weighted by molar-refractivity contribution is -0.116. The number of carbonyl (C=O) groups excluding carboxylic acids is 1. The number of benzene rings is 2. The molecule has 0 unspecified atom stereocenters. The molecule has 0 saturated heterocycles. The quantitative estimate of drug-likeness (QED) is 0.861. The van der Waals surface area contributed by atoms with Gasteiger partial charge in [-0.25, -0.2) is 0 Å². The van der Waals surface area contributed by atoms with Gasteiger partial charge < -0.3 is 15.4 Å². The van der Waals surface area contributed by atoms with E-state index in [4.69, 9.17) is 4.74 Å². The zero-order chi connectivity index (χ0) is 15.9. The molecule has 1 aliphatic heterocycles. The van der Waals surface area contributed by atoms with Crippen LogP contribution in [0.5, 0.6) is 5.75 Å². The van der Waals surface area contributed by atoms with Crippen LogP contribution in [0.2, 0.25) is 0 Å². The fraction of sp³-hybridized carbons (Fsp3) is 0.222. The Bertz CT molecular complexity index is 698. The summed E-state index contributed by atoms with van der Waals surface area (Å²) >= 11 is 0. The molecule has 1 aliphatic rings. The van der Waals surface area contributed by atoms with E-state index in [1.165, 1.54) is 0 Å². The van der Waals surface area contributed by atoms with Gasteiger partial charge in [-0.2, -0.15) is 0 Å².